The van der Waals surface area contributed by atoms with Gasteiger partial charge in [-0.1, -0.05) is 12.1 Å². The van der Waals surface area contributed by atoms with Gasteiger partial charge in [0.15, 0.2) is 0 Å². The highest BCUT2D eigenvalue weighted by atomic mass is 32.2. The number of rotatable bonds is 2. The van der Waals surface area contributed by atoms with Crippen molar-refractivity contribution in [3.63, 3.8) is 0 Å². The molecule has 0 spiro atoms. The van der Waals surface area contributed by atoms with Crippen LogP contribution in [0.5, 0.6) is 0 Å². The lowest BCUT2D eigenvalue weighted by Crippen LogP contribution is -2.29. The van der Waals surface area contributed by atoms with Gasteiger partial charge in [-0.3, -0.25) is 0 Å². The van der Waals surface area contributed by atoms with E-state index in [9.17, 15) is 0 Å². The molecule has 1 saturated heterocycles. The van der Waals surface area contributed by atoms with Gasteiger partial charge in [0, 0.05) is 47.4 Å². The lowest BCUT2D eigenvalue weighted by molar-refractivity contribution is 0.167. The van der Waals surface area contributed by atoms with E-state index in [0.29, 0.717) is 0 Å². The van der Waals surface area contributed by atoms with Crippen LogP contribution < -0.4 is 4.90 Å². The Bertz CT molecular complexity index is 805. The monoisotopic (exact) mass is 416 g/mol. The molecule has 1 aromatic heterocycles. The molecule has 0 radical (unpaired) electrons. The first-order valence-electron chi connectivity index (χ1n) is 9.34. The predicted octanol–water partition coefficient (Wildman–Crippen LogP) is 5.27. The van der Waals surface area contributed by atoms with E-state index in [4.69, 9.17) is 9.72 Å². The van der Waals surface area contributed by atoms with Gasteiger partial charge in [-0.05, 0) is 36.4 Å². The van der Waals surface area contributed by atoms with E-state index in [-0.39, 0.29) is 0 Å². The van der Waals surface area contributed by atoms with Crippen LogP contribution in [0, 0.1) is 0 Å². The number of anilines is 1. The van der Waals surface area contributed by atoms with E-state index in [2.05, 4.69) is 47.4 Å². The topological polar surface area (TPSA) is 25.4 Å². The Labute approximate surface area is 173 Å². The molecule has 2 heterocycles. The standard InChI is InChI=1S/C21H24N2OS3/c1-2-4-20-19(3-1)22-21(27-20)17-5-7-18(8-6-17)23-9-13-25-15-11-24-12-16-26-14-10-23/h1-8H,9-16H2. The summed E-state index contributed by atoms with van der Waals surface area (Å²) in [6, 6.07) is 17.3. The van der Waals surface area contributed by atoms with Crippen LogP contribution in [-0.4, -0.2) is 54.3 Å². The molecule has 0 saturated carbocycles. The van der Waals surface area contributed by atoms with Gasteiger partial charge in [0.25, 0.3) is 0 Å². The summed E-state index contributed by atoms with van der Waals surface area (Å²) in [5.41, 5.74) is 3.60. The first-order valence-corrected chi connectivity index (χ1v) is 12.5. The lowest BCUT2D eigenvalue weighted by Gasteiger charge is -2.25. The molecule has 6 heteroatoms. The average molecular weight is 417 g/mol. The number of thiazole rings is 1. The van der Waals surface area contributed by atoms with Gasteiger partial charge >= 0.3 is 0 Å². The first kappa shape index (κ1) is 19.1. The van der Waals surface area contributed by atoms with Crippen LogP contribution in [0.1, 0.15) is 0 Å². The third kappa shape index (κ3) is 5.19. The molecule has 0 amide bonds. The predicted molar refractivity (Wildman–Crippen MR) is 123 cm³/mol. The Hall–Kier alpha value is -1.21. The number of thioether (sulfide) groups is 2. The number of ether oxygens (including phenoxy) is 1. The molecule has 0 atom stereocenters. The zero-order chi connectivity index (χ0) is 18.3. The van der Waals surface area contributed by atoms with Gasteiger partial charge in [-0.2, -0.15) is 23.5 Å². The molecule has 27 heavy (non-hydrogen) atoms. The molecule has 3 nitrogen and oxygen atoms in total. The molecule has 3 aromatic rings. The minimum absolute atomic E-state index is 0.877. The van der Waals surface area contributed by atoms with Crippen molar-refractivity contribution in [3.8, 4) is 10.6 Å². The maximum absolute atomic E-state index is 5.63. The Morgan fingerprint density at radius 1 is 0.815 bits per heavy atom. The summed E-state index contributed by atoms with van der Waals surface area (Å²) in [5.74, 6) is 4.48. The molecule has 0 aliphatic carbocycles. The van der Waals surface area contributed by atoms with Gasteiger partial charge < -0.3 is 9.64 Å². The van der Waals surface area contributed by atoms with Crippen molar-refractivity contribution in [2.75, 3.05) is 54.2 Å². The maximum Gasteiger partial charge on any atom is 0.124 e. The number of benzene rings is 2. The third-order valence-electron chi connectivity index (χ3n) is 4.53. The highest BCUT2D eigenvalue weighted by Gasteiger charge is 2.10. The summed E-state index contributed by atoms with van der Waals surface area (Å²) in [5, 5.41) is 1.10. The maximum atomic E-state index is 5.63. The summed E-state index contributed by atoms with van der Waals surface area (Å²) in [6.07, 6.45) is 0. The Morgan fingerprint density at radius 2 is 1.52 bits per heavy atom. The van der Waals surface area contributed by atoms with Crippen molar-refractivity contribution in [1.82, 2.24) is 4.98 Å². The van der Waals surface area contributed by atoms with Crippen molar-refractivity contribution < 1.29 is 4.74 Å². The van der Waals surface area contributed by atoms with Crippen molar-refractivity contribution in [1.29, 1.82) is 0 Å². The van der Waals surface area contributed by atoms with Crippen LogP contribution in [0.25, 0.3) is 20.8 Å². The molecular formula is C21H24N2OS3. The fraction of sp³-hybridized carbons (Fsp3) is 0.381. The highest BCUT2D eigenvalue weighted by Crippen LogP contribution is 2.31. The SMILES string of the molecule is c1ccc2sc(-c3ccc(N4CCSCCOCCSCC4)cc3)nc2c1. The molecule has 1 aliphatic rings. The van der Waals surface area contributed by atoms with Crippen molar-refractivity contribution in [2.24, 2.45) is 0 Å². The van der Waals surface area contributed by atoms with Gasteiger partial charge in [0.05, 0.1) is 23.4 Å². The van der Waals surface area contributed by atoms with E-state index in [1.54, 1.807) is 11.3 Å². The molecule has 1 aliphatic heterocycles. The Kier molecular flexibility index (Phi) is 6.96. The van der Waals surface area contributed by atoms with Crippen LogP contribution in [0.15, 0.2) is 48.5 Å². The lowest BCUT2D eigenvalue weighted by atomic mass is 10.2. The number of hydrogen-bond acceptors (Lipinski definition) is 6. The molecule has 4 rings (SSSR count). The number of fused-ring (bicyclic) bond motifs is 1. The van der Waals surface area contributed by atoms with Crippen LogP contribution in [-0.2, 0) is 4.74 Å². The second kappa shape index (κ2) is 9.82. The number of hydrogen-bond donors (Lipinski definition) is 0. The van der Waals surface area contributed by atoms with Gasteiger partial charge in [-0.15, -0.1) is 11.3 Å². The molecule has 1 fully saturated rings. The quantitative estimate of drug-likeness (QED) is 0.567. The number of nitrogens with zero attached hydrogens (tertiary/aromatic N) is 2. The zero-order valence-corrected chi connectivity index (χ0v) is 17.8. The molecule has 142 valence electrons. The smallest absolute Gasteiger partial charge is 0.124 e. The fourth-order valence-electron chi connectivity index (χ4n) is 3.07. The highest BCUT2D eigenvalue weighted by molar-refractivity contribution is 7.99. The second-order valence-corrected chi connectivity index (χ2v) is 9.84. The number of aromatic nitrogens is 1. The third-order valence-corrected chi connectivity index (χ3v) is 7.47. The molecule has 0 unspecified atom stereocenters. The first-order chi connectivity index (χ1) is 13.4. The van der Waals surface area contributed by atoms with Gasteiger partial charge in [0.2, 0.25) is 0 Å². The summed E-state index contributed by atoms with van der Waals surface area (Å²) >= 11 is 5.74. The van der Waals surface area contributed by atoms with E-state index < -0.39 is 0 Å². The second-order valence-electron chi connectivity index (χ2n) is 6.36. The van der Waals surface area contributed by atoms with Crippen LogP contribution in [0.3, 0.4) is 0 Å². The Balaban J connectivity index is 1.47. The van der Waals surface area contributed by atoms with E-state index in [0.717, 1.165) is 59.8 Å². The van der Waals surface area contributed by atoms with Crippen molar-refractivity contribution in [3.05, 3.63) is 48.5 Å². The van der Waals surface area contributed by atoms with E-state index in [1.165, 1.54) is 16.0 Å². The minimum atomic E-state index is 0.877. The molecule has 2 aromatic carbocycles. The molecule has 0 N–H and O–H groups in total. The van der Waals surface area contributed by atoms with Crippen LogP contribution in [0.4, 0.5) is 5.69 Å². The molecular weight excluding hydrogens is 392 g/mol. The largest absolute Gasteiger partial charge is 0.380 e. The van der Waals surface area contributed by atoms with Gasteiger partial charge in [0.1, 0.15) is 5.01 Å². The van der Waals surface area contributed by atoms with E-state index >= 15 is 0 Å². The summed E-state index contributed by atoms with van der Waals surface area (Å²) in [7, 11) is 0. The van der Waals surface area contributed by atoms with Crippen molar-refractivity contribution in [2.45, 2.75) is 0 Å². The van der Waals surface area contributed by atoms with Crippen molar-refractivity contribution >= 4 is 50.8 Å². The van der Waals surface area contributed by atoms with Crippen LogP contribution >= 0.6 is 34.9 Å². The summed E-state index contributed by atoms with van der Waals surface area (Å²) in [6.45, 7) is 3.93. The van der Waals surface area contributed by atoms with E-state index in [1.807, 2.05) is 29.6 Å². The van der Waals surface area contributed by atoms with Gasteiger partial charge in [-0.25, -0.2) is 4.98 Å². The Morgan fingerprint density at radius 3 is 2.22 bits per heavy atom. The summed E-state index contributed by atoms with van der Waals surface area (Å²) in [4.78, 5) is 7.30. The zero-order valence-electron chi connectivity index (χ0n) is 15.3. The fourth-order valence-corrected chi connectivity index (χ4v) is 5.62. The normalized spacial score (nSPS) is 17.4. The minimum Gasteiger partial charge on any atom is -0.380 e. The van der Waals surface area contributed by atoms with Crippen LogP contribution in [0.2, 0.25) is 0 Å². The molecule has 0 bridgehead atoms. The number of para-hydroxylation sites is 1. The summed E-state index contributed by atoms with van der Waals surface area (Å²) < 4.78 is 6.88. The average Bonchev–Trinajstić information content (AvgIpc) is 3.13.